The fraction of sp³-hybridized carbons (Fsp3) is 0.679. The fourth-order valence-corrected chi connectivity index (χ4v) is 9.34. The Bertz CT molecular complexity index is 1620. The van der Waals surface area contributed by atoms with Gasteiger partial charge >= 0.3 is 33.0 Å². The van der Waals surface area contributed by atoms with Gasteiger partial charge in [0.2, 0.25) is 11.4 Å². The van der Waals surface area contributed by atoms with Crippen molar-refractivity contribution in [1.82, 2.24) is 0 Å². The number of hydrogen-bond acceptors (Lipinski definition) is 0. The second-order valence-electron chi connectivity index (χ2n) is 17.5. The molecule has 0 spiro atoms. The Morgan fingerprint density at radius 1 is 0.459 bits per heavy atom. The molecule has 5 heteroatoms. The molecule has 2 nitrogen and oxygen atoms in total. The van der Waals surface area contributed by atoms with Crippen LogP contribution in [0.4, 0.5) is 0 Å². The van der Waals surface area contributed by atoms with Gasteiger partial charge in [-0.05, 0) is 128 Å². The van der Waals surface area contributed by atoms with Crippen molar-refractivity contribution >= 4 is 31.8 Å². The zero-order valence-corrected chi connectivity index (χ0v) is 43.0. The molecule has 0 N–H and O–H groups in total. The van der Waals surface area contributed by atoms with Crippen LogP contribution < -0.4 is 0 Å². The first kappa shape index (κ1) is 55.3. The van der Waals surface area contributed by atoms with E-state index in [9.17, 15) is 5.53 Å². The van der Waals surface area contributed by atoms with Crippen molar-refractivity contribution in [2.24, 2.45) is 0 Å². The fourth-order valence-electron chi connectivity index (χ4n) is 9.34. The van der Waals surface area contributed by atoms with Crippen LogP contribution >= 0.6 is 20.4 Å². The number of rotatable bonds is 31. The molecule has 0 aromatic heterocycles. The third kappa shape index (κ3) is 19.0. The summed E-state index contributed by atoms with van der Waals surface area (Å²) >= 11 is 0.569. The topological polar surface area (TPSA) is 25.3 Å². The SMILES string of the molecule is CCCCCCCCCCCCCCC#CC1=C(c2cc(CC)c(CCCCCC)c(CC)c2)[N+](=[N-])C(c2cc(CC)c(CCCCCC)c(CC)c2)=C1CCCC.[Cl][Ni][Cl]. The number of benzene rings is 2. The molecule has 2 aromatic carbocycles. The van der Waals surface area contributed by atoms with Crippen LogP contribution in [0.25, 0.3) is 16.9 Å². The molecule has 0 saturated heterocycles. The Kier molecular flexibility index (Phi) is 31.3. The summed E-state index contributed by atoms with van der Waals surface area (Å²) in [7, 11) is 9.40. The van der Waals surface area contributed by atoms with Gasteiger partial charge in [0, 0.05) is 23.1 Å². The second-order valence-corrected chi connectivity index (χ2v) is 19.2. The Morgan fingerprint density at radius 3 is 1.18 bits per heavy atom. The van der Waals surface area contributed by atoms with Crippen molar-refractivity contribution < 1.29 is 17.4 Å². The number of halogens is 2. The minimum absolute atomic E-state index is 0.569. The zero-order valence-electron chi connectivity index (χ0n) is 40.5. The first-order chi connectivity index (χ1) is 29.8. The Morgan fingerprint density at radius 2 is 0.803 bits per heavy atom. The normalized spacial score (nSPS) is 12.7. The summed E-state index contributed by atoms with van der Waals surface area (Å²) < 4.78 is 1.59. The van der Waals surface area contributed by atoms with Crippen LogP contribution in [0, 0.1) is 11.8 Å². The van der Waals surface area contributed by atoms with Gasteiger partial charge in [-0.3, -0.25) is 0 Å². The molecule has 1 aliphatic heterocycles. The molecule has 346 valence electrons. The summed E-state index contributed by atoms with van der Waals surface area (Å²) in [5, 5.41) is 0. The van der Waals surface area contributed by atoms with E-state index >= 15 is 0 Å². The van der Waals surface area contributed by atoms with Gasteiger partial charge in [0.15, 0.2) is 0 Å². The van der Waals surface area contributed by atoms with E-state index in [1.165, 1.54) is 150 Å². The zero-order chi connectivity index (χ0) is 44.7. The quantitative estimate of drug-likeness (QED) is 0.0312. The van der Waals surface area contributed by atoms with Crippen LogP contribution in [-0.2, 0) is 51.2 Å². The summed E-state index contributed by atoms with van der Waals surface area (Å²) in [6.45, 7) is 18.4. The molecular formula is C56H88Cl2N2Ni. The molecule has 0 bridgehead atoms. The second kappa shape index (κ2) is 34.5. The van der Waals surface area contributed by atoms with Crippen LogP contribution in [0.3, 0.4) is 0 Å². The molecule has 0 radical (unpaired) electrons. The predicted octanol–water partition coefficient (Wildman–Crippen LogP) is 19.0. The van der Waals surface area contributed by atoms with Gasteiger partial charge in [0.1, 0.15) is 5.57 Å². The summed E-state index contributed by atoms with van der Waals surface area (Å²) in [6.07, 6.45) is 36.9. The summed E-state index contributed by atoms with van der Waals surface area (Å²) in [6, 6.07) is 9.67. The number of nitrogens with zero attached hydrogens (tertiary/aromatic N) is 2. The molecule has 2 aromatic rings. The van der Waals surface area contributed by atoms with Gasteiger partial charge in [-0.15, -0.1) is 0 Å². The standard InChI is InChI=1S/C56H88N2.2ClH.Ni/c1-9-17-21-24-25-26-27-28-29-30-31-32-33-36-40-54-53(37-20-12-4)55(49-41-45(13-5)51(46(14-6)42-49)38-34-22-18-10-2)58(57)56(54)50-43-47(15-7)52(48(16-8)44-50)39-35-23-19-11-3;;;/h41-44H,9-35,37-39H2,1-8H3;2*1H;/q;;;+2/p-2. The maximum atomic E-state index is 12.7. The minimum atomic E-state index is 0.569. The molecule has 0 amide bonds. The van der Waals surface area contributed by atoms with Crippen molar-refractivity contribution in [2.45, 2.75) is 248 Å². The van der Waals surface area contributed by atoms with E-state index in [0.29, 0.717) is 12.7 Å². The molecule has 0 saturated carbocycles. The van der Waals surface area contributed by atoms with E-state index < -0.39 is 0 Å². The van der Waals surface area contributed by atoms with Crippen molar-refractivity contribution in [3.05, 3.63) is 85.5 Å². The van der Waals surface area contributed by atoms with Gasteiger partial charge in [0.25, 0.3) is 0 Å². The van der Waals surface area contributed by atoms with E-state index in [0.717, 1.165) is 98.7 Å². The number of aryl methyl sites for hydroxylation is 4. The monoisotopic (exact) mass is 917 g/mol. The number of allylic oxidation sites excluding steroid dienone is 2. The van der Waals surface area contributed by atoms with Crippen LogP contribution in [0.5, 0.6) is 0 Å². The molecule has 0 unspecified atom stereocenters. The molecule has 1 heterocycles. The van der Waals surface area contributed by atoms with Gasteiger partial charge in [0.05, 0.1) is 0 Å². The molecule has 0 aliphatic carbocycles. The molecule has 1 aliphatic rings. The number of hydrogen-bond donors (Lipinski definition) is 0. The van der Waals surface area contributed by atoms with Gasteiger partial charge < -0.3 is 5.53 Å². The van der Waals surface area contributed by atoms with Crippen LogP contribution in [0.1, 0.15) is 254 Å². The van der Waals surface area contributed by atoms with Crippen molar-refractivity contribution in [1.29, 1.82) is 0 Å². The van der Waals surface area contributed by atoms with Gasteiger partial charge in [-0.2, -0.15) is 0 Å². The first-order valence-corrected chi connectivity index (χ1v) is 28.1. The Hall–Kier alpha value is -1.85. The van der Waals surface area contributed by atoms with Gasteiger partial charge in [-0.25, -0.2) is 4.70 Å². The van der Waals surface area contributed by atoms with E-state index in [1.807, 2.05) is 0 Å². The molecule has 3 rings (SSSR count). The third-order valence-corrected chi connectivity index (χ3v) is 12.9. The van der Waals surface area contributed by atoms with Gasteiger partial charge in [-0.1, -0.05) is 183 Å². The summed E-state index contributed by atoms with van der Waals surface area (Å²) in [4.78, 5) is 0. The van der Waals surface area contributed by atoms with E-state index in [2.05, 4.69) is 91.5 Å². The summed E-state index contributed by atoms with van der Waals surface area (Å²) in [5.74, 6) is 7.45. The molecule has 0 fully saturated rings. The Labute approximate surface area is 392 Å². The average molecular weight is 919 g/mol. The first-order valence-electron chi connectivity index (χ1n) is 25.4. The van der Waals surface area contributed by atoms with E-state index in [4.69, 9.17) is 20.4 Å². The van der Waals surface area contributed by atoms with Crippen LogP contribution in [-0.4, -0.2) is 4.70 Å². The van der Waals surface area contributed by atoms with Crippen molar-refractivity contribution in [3.8, 4) is 11.8 Å². The summed E-state index contributed by atoms with van der Waals surface area (Å²) in [5.41, 5.74) is 28.0. The van der Waals surface area contributed by atoms with E-state index in [-0.39, 0.29) is 0 Å². The average Bonchev–Trinajstić information content (AvgIpc) is 3.55. The van der Waals surface area contributed by atoms with Crippen molar-refractivity contribution in [2.75, 3.05) is 0 Å². The number of unbranched alkanes of at least 4 members (excludes halogenated alkanes) is 19. The maximum absolute atomic E-state index is 12.7. The third-order valence-electron chi connectivity index (χ3n) is 12.9. The molecular weight excluding hydrogens is 830 g/mol. The van der Waals surface area contributed by atoms with Crippen LogP contribution in [0.15, 0.2) is 35.4 Å². The Balaban J connectivity index is 0.00000414. The molecule has 61 heavy (non-hydrogen) atoms. The van der Waals surface area contributed by atoms with Crippen molar-refractivity contribution in [3.63, 3.8) is 0 Å². The predicted molar refractivity (Wildman–Crippen MR) is 268 cm³/mol. The van der Waals surface area contributed by atoms with Crippen LogP contribution in [0.2, 0.25) is 0 Å². The van der Waals surface area contributed by atoms with E-state index in [1.54, 1.807) is 15.8 Å². The molecule has 0 atom stereocenters.